The highest BCUT2D eigenvalue weighted by molar-refractivity contribution is 6.32. The van der Waals surface area contributed by atoms with Gasteiger partial charge in [-0.05, 0) is 39.8 Å². The van der Waals surface area contributed by atoms with E-state index in [1.54, 1.807) is 31.2 Å². The molecule has 0 bridgehead atoms. The van der Waals surface area contributed by atoms with Crippen molar-refractivity contribution in [3.63, 3.8) is 0 Å². The van der Waals surface area contributed by atoms with Gasteiger partial charge in [-0.3, -0.25) is 0 Å². The van der Waals surface area contributed by atoms with E-state index in [-0.39, 0.29) is 0 Å². The normalized spacial score (nSPS) is 13.0. The van der Waals surface area contributed by atoms with Gasteiger partial charge in [0.15, 0.2) is 6.10 Å². The summed E-state index contributed by atoms with van der Waals surface area (Å²) < 4.78 is 10.7. The Kier molecular flexibility index (Phi) is 4.40. The summed E-state index contributed by atoms with van der Waals surface area (Å²) in [5.74, 6) is 0.0740. The third kappa shape index (κ3) is 4.65. The fourth-order valence-electron chi connectivity index (χ4n) is 1.16. The molecule has 0 aliphatic carbocycles. The number of hydrogen-bond acceptors (Lipinski definition) is 3. The first-order chi connectivity index (χ1) is 7.79. The second-order valence-corrected chi connectivity index (χ2v) is 5.13. The number of rotatable bonds is 3. The molecule has 94 valence electrons. The highest BCUT2D eigenvalue weighted by Gasteiger charge is 2.23. The number of carbonyl (C=O) groups excluding carboxylic acids is 1. The molecule has 0 saturated heterocycles. The van der Waals surface area contributed by atoms with E-state index in [1.807, 2.05) is 20.8 Å². The van der Waals surface area contributed by atoms with Crippen LogP contribution < -0.4 is 4.74 Å². The number of para-hydroxylation sites is 1. The second-order valence-electron chi connectivity index (χ2n) is 4.72. The van der Waals surface area contributed by atoms with Gasteiger partial charge in [-0.25, -0.2) is 4.79 Å². The zero-order valence-electron chi connectivity index (χ0n) is 10.5. The fourth-order valence-corrected chi connectivity index (χ4v) is 1.34. The van der Waals surface area contributed by atoms with Crippen LogP contribution in [-0.4, -0.2) is 17.7 Å². The zero-order chi connectivity index (χ0) is 13.1. The average molecular weight is 257 g/mol. The van der Waals surface area contributed by atoms with Gasteiger partial charge in [0.2, 0.25) is 0 Å². The largest absolute Gasteiger partial charge is 0.477 e. The number of hydrogen-bond donors (Lipinski definition) is 0. The Morgan fingerprint density at radius 3 is 2.41 bits per heavy atom. The molecule has 0 amide bonds. The molecular weight excluding hydrogens is 240 g/mol. The minimum atomic E-state index is -0.686. The first-order valence-electron chi connectivity index (χ1n) is 5.43. The van der Waals surface area contributed by atoms with E-state index in [4.69, 9.17) is 21.1 Å². The van der Waals surface area contributed by atoms with Crippen LogP contribution >= 0.6 is 11.6 Å². The Balaban J connectivity index is 2.64. The summed E-state index contributed by atoms with van der Waals surface area (Å²) in [7, 11) is 0. The minimum Gasteiger partial charge on any atom is -0.477 e. The minimum absolute atomic E-state index is 0.405. The van der Waals surface area contributed by atoms with Gasteiger partial charge in [-0.1, -0.05) is 23.7 Å². The molecular formula is C13H17ClO3. The standard InChI is InChI=1S/C13H17ClO3/c1-9(12(15)17-13(2,3)4)16-11-8-6-5-7-10(11)14/h5-9H,1-4H3. The molecule has 1 aromatic rings. The van der Waals surface area contributed by atoms with Crippen molar-refractivity contribution in [1.82, 2.24) is 0 Å². The van der Waals surface area contributed by atoms with Gasteiger partial charge in [-0.2, -0.15) is 0 Å². The van der Waals surface area contributed by atoms with Gasteiger partial charge >= 0.3 is 5.97 Å². The zero-order valence-corrected chi connectivity index (χ0v) is 11.2. The molecule has 1 aromatic carbocycles. The van der Waals surface area contributed by atoms with Gasteiger partial charge in [0.1, 0.15) is 11.4 Å². The Bertz CT molecular complexity index is 396. The van der Waals surface area contributed by atoms with E-state index in [2.05, 4.69) is 0 Å². The van der Waals surface area contributed by atoms with Crippen molar-refractivity contribution < 1.29 is 14.3 Å². The number of halogens is 1. The molecule has 0 N–H and O–H groups in total. The van der Waals surface area contributed by atoms with Crippen LogP contribution in [0.4, 0.5) is 0 Å². The molecule has 0 radical (unpaired) electrons. The molecule has 1 rings (SSSR count). The Morgan fingerprint density at radius 2 is 1.88 bits per heavy atom. The summed E-state index contributed by atoms with van der Waals surface area (Å²) in [5, 5.41) is 0.475. The molecule has 0 saturated carbocycles. The quantitative estimate of drug-likeness (QED) is 0.777. The van der Waals surface area contributed by atoms with E-state index in [0.717, 1.165) is 0 Å². The number of benzene rings is 1. The first-order valence-corrected chi connectivity index (χ1v) is 5.81. The molecule has 1 atom stereocenters. The van der Waals surface area contributed by atoms with E-state index in [0.29, 0.717) is 10.8 Å². The van der Waals surface area contributed by atoms with Gasteiger partial charge in [0, 0.05) is 0 Å². The molecule has 1 unspecified atom stereocenters. The molecule has 4 heteroatoms. The lowest BCUT2D eigenvalue weighted by Crippen LogP contribution is -2.33. The summed E-state index contributed by atoms with van der Waals surface area (Å²) in [6.45, 7) is 7.07. The summed E-state index contributed by atoms with van der Waals surface area (Å²) in [6.07, 6.45) is -0.686. The highest BCUT2D eigenvalue weighted by Crippen LogP contribution is 2.24. The van der Waals surface area contributed by atoms with Crippen molar-refractivity contribution >= 4 is 17.6 Å². The predicted molar refractivity (Wildman–Crippen MR) is 67.4 cm³/mol. The molecule has 0 aliphatic rings. The van der Waals surface area contributed by atoms with Gasteiger partial charge in [0.25, 0.3) is 0 Å². The van der Waals surface area contributed by atoms with Crippen LogP contribution in [0.25, 0.3) is 0 Å². The van der Waals surface area contributed by atoms with Crippen molar-refractivity contribution in [3.8, 4) is 5.75 Å². The smallest absolute Gasteiger partial charge is 0.347 e. The van der Waals surface area contributed by atoms with E-state index in [9.17, 15) is 4.79 Å². The van der Waals surface area contributed by atoms with E-state index in [1.165, 1.54) is 0 Å². The van der Waals surface area contributed by atoms with Crippen molar-refractivity contribution in [1.29, 1.82) is 0 Å². The molecule has 0 fully saturated rings. The van der Waals surface area contributed by atoms with Crippen LogP contribution in [0.5, 0.6) is 5.75 Å². The maximum absolute atomic E-state index is 11.7. The van der Waals surface area contributed by atoms with Crippen molar-refractivity contribution in [2.24, 2.45) is 0 Å². The lowest BCUT2D eigenvalue weighted by atomic mass is 10.2. The fraction of sp³-hybridized carbons (Fsp3) is 0.462. The third-order valence-electron chi connectivity index (χ3n) is 1.88. The van der Waals surface area contributed by atoms with E-state index < -0.39 is 17.7 Å². The summed E-state index contributed by atoms with van der Waals surface area (Å²) >= 11 is 5.93. The van der Waals surface area contributed by atoms with Crippen LogP contribution in [0, 0.1) is 0 Å². The SMILES string of the molecule is CC(Oc1ccccc1Cl)C(=O)OC(C)(C)C. The molecule has 0 spiro atoms. The predicted octanol–water partition coefficient (Wildman–Crippen LogP) is 3.45. The topological polar surface area (TPSA) is 35.5 Å². The Morgan fingerprint density at radius 1 is 1.29 bits per heavy atom. The van der Waals surface area contributed by atoms with Gasteiger partial charge in [-0.15, -0.1) is 0 Å². The molecule has 0 heterocycles. The number of ether oxygens (including phenoxy) is 2. The molecule has 17 heavy (non-hydrogen) atoms. The van der Waals surface area contributed by atoms with E-state index >= 15 is 0 Å². The maximum atomic E-state index is 11.7. The summed E-state index contributed by atoms with van der Waals surface area (Å²) in [6, 6.07) is 7.01. The van der Waals surface area contributed by atoms with Crippen LogP contribution in [0.3, 0.4) is 0 Å². The van der Waals surface area contributed by atoms with Crippen molar-refractivity contribution in [2.45, 2.75) is 39.4 Å². The third-order valence-corrected chi connectivity index (χ3v) is 2.19. The van der Waals surface area contributed by atoms with Crippen LogP contribution in [0.15, 0.2) is 24.3 Å². The Hall–Kier alpha value is -1.22. The molecule has 0 aliphatic heterocycles. The first kappa shape index (κ1) is 13.8. The molecule has 3 nitrogen and oxygen atoms in total. The van der Waals surface area contributed by atoms with Crippen LogP contribution in [0.1, 0.15) is 27.7 Å². The maximum Gasteiger partial charge on any atom is 0.347 e. The van der Waals surface area contributed by atoms with Crippen LogP contribution in [-0.2, 0) is 9.53 Å². The van der Waals surface area contributed by atoms with Crippen molar-refractivity contribution in [3.05, 3.63) is 29.3 Å². The van der Waals surface area contributed by atoms with Gasteiger partial charge < -0.3 is 9.47 Å². The van der Waals surface area contributed by atoms with Crippen molar-refractivity contribution in [2.75, 3.05) is 0 Å². The highest BCUT2D eigenvalue weighted by atomic mass is 35.5. The summed E-state index contributed by atoms with van der Waals surface area (Å²) in [5.41, 5.74) is -0.519. The van der Waals surface area contributed by atoms with Crippen LogP contribution in [0.2, 0.25) is 5.02 Å². The lowest BCUT2D eigenvalue weighted by Gasteiger charge is -2.22. The average Bonchev–Trinajstić information content (AvgIpc) is 2.18. The number of carbonyl (C=O) groups is 1. The van der Waals surface area contributed by atoms with Gasteiger partial charge in [0.05, 0.1) is 5.02 Å². The second kappa shape index (κ2) is 5.41. The lowest BCUT2D eigenvalue weighted by molar-refractivity contribution is -0.162. The Labute approximate surface area is 107 Å². The summed E-state index contributed by atoms with van der Waals surface area (Å²) in [4.78, 5) is 11.7. The monoisotopic (exact) mass is 256 g/mol. The molecule has 0 aromatic heterocycles. The number of esters is 1.